The second-order valence-electron chi connectivity index (χ2n) is 4.95. The normalized spacial score (nSPS) is 24.3. The molecule has 2 unspecified atom stereocenters. The SMILES string of the molecule is Cc1cccnc1C(=O)NC1CCCCCC1O. The summed E-state index contributed by atoms with van der Waals surface area (Å²) in [5.41, 5.74) is 1.31. The summed E-state index contributed by atoms with van der Waals surface area (Å²) in [5.74, 6) is -0.181. The maximum absolute atomic E-state index is 12.1. The third-order valence-electron chi connectivity index (χ3n) is 3.52. The largest absolute Gasteiger partial charge is 0.391 e. The number of carbonyl (C=O) groups is 1. The number of aromatic nitrogens is 1. The zero-order valence-corrected chi connectivity index (χ0v) is 10.7. The average molecular weight is 248 g/mol. The van der Waals surface area contributed by atoms with Gasteiger partial charge in [-0.2, -0.15) is 0 Å². The van der Waals surface area contributed by atoms with Crippen LogP contribution in [0.2, 0.25) is 0 Å². The highest BCUT2D eigenvalue weighted by Gasteiger charge is 2.24. The molecule has 0 radical (unpaired) electrons. The number of rotatable bonds is 2. The molecule has 98 valence electrons. The van der Waals surface area contributed by atoms with Crippen molar-refractivity contribution in [3.8, 4) is 0 Å². The van der Waals surface area contributed by atoms with Crippen LogP contribution >= 0.6 is 0 Å². The van der Waals surface area contributed by atoms with Crippen molar-refractivity contribution in [3.05, 3.63) is 29.6 Å². The first kappa shape index (κ1) is 13.0. The molecule has 1 fully saturated rings. The number of nitrogens with zero attached hydrogens (tertiary/aromatic N) is 1. The van der Waals surface area contributed by atoms with E-state index in [9.17, 15) is 9.90 Å². The lowest BCUT2D eigenvalue weighted by molar-refractivity contribution is 0.0813. The monoisotopic (exact) mass is 248 g/mol. The van der Waals surface area contributed by atoms with Crippen molar-refractivity contribution in [1.82, 2.24) is 10.3 Å². The second kappa shape index (κ2) is 5.96. The molecule has 1 aliphatic rings. The van der Waals surface area contributed by atoms with Gasteiger partial charge in [0.1, 0.15) is 5.69 Å². The van der Waals surface area contributed by atoms with Crippen LogP contribution < -0.4 is 5.32 Å². The summed E-state index contributed by atoms with van der Waals surface area (Å²) in [6.45, 7) is 1.87. The molecule has 0 spiro atoms. The van der Waals surface area contributed by atoms with Crippen molar-refractivity contribution >= 4 is 5.91 Å². The summed E-state index contributed by atoms with van der Waals surface area (Å²) >= 11 is 0. The summed E-state index contributed by atoms with van der Waals surface area (Å²) < 4.78 is 0. The van der Waals surface area contributed by atoms with Gasteiger partial charge in [-0.25, -0.2) is 0 Å². The first-order chi connectivity index (χ1) is 8.68. The zero-order chi connectivity index (χ0) is 13.0. The number of aliphatic hydroxyl groups is 1. The Hall–Kier alpha value is -1.42. The number of aryl methyl sites for hydroxylation is 1. The fourth-order valence-electron chi connectivity index (χ4n) is 2.42. The van der Waals surface area contributed by atoms with Gasteiger partial charge in [-0.15, -0.1) is 0 Å². The molecule has 1 amide bonds. The molecule has 1 aromatic rings. The number of nitrogens with one attached hydrogen (secondary N) is 1. The van der Waals surface area contributed by atoms with Crippen LogP contribution in [0.4, 0.5) is 0 Å². The molecule has 0 bridgehead atoms. The van der Waals surface area contributed by atoms with Gasteiger partial charge >= 0.3 is 0 Å². The van der Waals surface area contributed by atoms with E-state index in [4.69, 9.17) is 0 Å². The maximum atomic E-state index is 12.1. The first-order valence-electron chi connectivity index (χ1n) is 6.59. The molecule has 1 aliphatic carbocycles. The third kappa shape index (κ3) is 3.07. The van der Waals surface area contributed by atoms with Crippen molar-refractivity contribution in [2.24, 2.45) is 0 Å². The summed E-state index contributed by atoms with van der Waals surface area (Å²) in [7, 11) is 0. The molecular weight excluding hydrogens is 228 g/mol. The van der Waals surface area contributed by atoms with Crippen LogP contribution in [0.25, 0.3) is 0 Å². The van der Waals surface area contributed by atoms with Gasteiger partial charge in [0, 0.05) is 6.20 Å². The van der Waals surface area contributed by atoms with Gasteiger partial charge in [0.2, 0.25) is 0 Å². The molecule has 4 heteroatoms. The van der Waals surface area contributed by atoms with Crippen molar-refractivity contribution in [2.45, 2.75) is 51.2 Å². The highest BCUT2D eigenvalue weighted by Crippen LogP contribution is 2.18. The topological polar surface area (TPSA) is 62.2 Å². The molecule has 0 aromatic carbocycles. The van der Waals surface area contributed by atoms with E-state index in [1.54, 1.807) is 6.20 Å². The van der Waals surface area contributed by atoms with Gasteiger partial charge in [-0.1, -0.05) is 25.3 Å². The Morgan fingerprint density at radius 1 is 1.39 bits per heavy atom. The van der Waals surface area contributed by atoms with E-state index in [1.807, 2.05) is 19.1 Å². The van der Waals surface area contributed by atoms with Crippen LogP contribution in [0, 0.1) is 6.92 Å². The molecular formula is C14H20N2O2. The molecule has 18 heavy (non-hydrogen) atoms. The van der Waals surface area contributed by atoms with E-state index in [1.165, 1.54) is 0 Å². The Labute approximate surface area is 107 Å². The lowest BCUT2D eigenvalue weighted by Gasteiger charge is -2.21. The first-order valence-corrected chi connectivity index (χ1v) is 6.59. The Balaban J connectivity index is 2.04. The van der Waals surface area contributed by atoms with Crippen LogP contribution in [0.5, 0.6) is 0 Å². The third-order valence-corrected chi connectivity index (χ3v) is 3.52. The van der Waals surface area contributed by atoms with E-state index in [-0.39, 0.29) is 11.9 Å². The minimum absolute atomic E-state index is 0.138. The molecule has 2 N–H and O–H groups in total. The average Bonchev–Trinajstić information content (AvgIpc) is 2.55. The lowest BCUT2D eigenvalue weighted by atomic mass is 10.1. The lowest BCUT2D eigenvalue weighted by Crippen LogP contribution is -2.43. The molecule has 1 saturated carbocycles. The second-order valence-corrected chi connectivity index (χ2v) is 4.95. The molecule has 2 rings (SSSR count). The summed E-state index contributed by atoms with van der Waals surface area (Å²) in [4.78, 5) is 16.2. The van der Waals surface area contributed by atoms with Crippen LogP contribution in [-0.4, -0.2) is 28.1 Å². The molecule has 2 atom stereocenters. The predicted octanol–water partition coefficient (Wildman–Crippen LogP) is 1.81. The van der Waals surface area contributed by atoms with Gasteiger partial charge < -0.3 is 10.4 Å². The van der Waals surface area contributed by atoms with Gasteiger partial charge in [-0.05, 0) is 31.4 Å². The molecule has 1 aromatic heterocycles. The standard InChI is InChI=1S/C14H20N2O2/c1-10-6-5-9-15-13(10)14(18)16-11-7-3-2-4-8-12(11)17/h5-6,9,11-12,17H,2-4,7-8H2,1H3,(H,16,18). The Morgan fingerprint density at radius 3 is 2.94 bits per heavy atom. The Bertz CT molecular complexity index is 420. The number of amides is 1. The number of pyridine rings is 1. The minimum Gasteiger partial charge on any atom is -0.391 e. The number of hydrogen-bond acceptors (Lipinski definition) is 3. The fraction of sp³-hybridized carbons (Fsp3) is 0.571. The van der Waals surface area contributed by atoms with Crippen molar-refractivity contribution in [3.63, 3.8) is 0 Å². The van der Waals surface area contributed by atoms with Crippen LogP contribution in [0.15, 0.2) is 18.3 Å². The zero-order valence-electron chi connectivity index (χ0n) is 10.7. The molecule has 0 aliphatic heterocycles. The molecule has 0 saturated heterocycles. The van der Waals surface area contributed by atoms with Crippen molar-refractivity contribution in [2.75, 3.05) is 0 Å². The fourth-order valence-corrected chi connectivity index (χ4v) is 2.42. The number of carbonyl (C=O) groups excluding carboxylic acids is 1. The van der Waals surface area contributed by atoms with Gasteiger partial charge in [0.15, 0.2) is 0 Å². The van der Waals surface area contributed by atoms with E-state index >= 15 is 0 Å². The van der Waals surface area contributed by atoms with E-state index in [0.717, 1.165) is 37.7 Å². The number of hydrogen-bond donors (Lipinski definition) is 2. The molecule has 4 nitrogen and oxygen atoms in total. The minimum atomic E-state index is -0.430. The smallest absolute Gasteiger partial charge is 0.270 e. The van der Waals surface area contributed by atoms with Crippen molar-refractivity contribution in [1.29, 1.82) is 0 Å². The Kier molecular flexibility index (Phi) is 4.31. The highest BCUT2D eigenvalue weighted by molar-refractivity contribution is 5.93. The highest BCUT2D eigenvalue weighted by atomic mass is 16.3. The van der Waals surface area contributed by atoms with E-state index in [0.29, 0.717) is 5.69 Å². The summed E-state index contributed by atoms with van der Waals surface area (Å²) in [5, 5.41) is 12.9. The van der Waals surface area contributed by atoms with E-state index < -0.39 is 6.10 Å². The van der Waals surface area contributed by atoms with Crippen LogP contribution in [-0.2, 0) is 0 Å². The van der Waals surface area contributed by atoms with Crippen LogP contribution in [0.1, 0.15) is 48.2 Å². The predicted molar refractivity (Wildman–Crippen MR) is 69.3 cm³/mol. The van der Waals surface area contributed by atoms with Crippen molar-refractivity contribution < 1.29 is 9.90 Å². The van der Waals surface area contributed by atoms with Gasteiger partial charge in [-0.3, -0.25) is 9.78 Å². The Morgan fingerprint density at radius 2 is 2.17 bits per heavy atom. The quantitative estimate of drug-likeness (QED) is 0.785. The van der Waals surface area contributed by atoms with Gasteiger partial charge in [0.05, 0.1) is 12.1 Å². The summed E-state index contributed by atoms with van der Waals surface area (Å²) in [6.07, 6.45) is 6.03. The van der Waals surface area contributed by atoms with Gasteiger partial charge in [0.25, 0.3) is 5.91 Å². The summed E-state index contributed by atoms with van der Waals surface area (Å²) in [6, 6.07) is 3.54. The number of aliphatic hydroxyl groups excluding tert-OH is 1. The molecule has 1 heterocycles. The maximum Gasteiger partial charge on any atom is 0.270 e. The van der Waals surface area contributed by atoms with E-state index in [2.05, 4.69) is 10.3 Å². The van der Waals surface area contributed by atoms with Crippen LogP contribution in [0.3, 0.4) is 0 Å².